The number of carbonyl (C=O) groups is 3. The number of carbonyl (C=O) groups excluding carboxylic acids is 3. The highest BCUT2D eigenvalue weighted by molar-refractivity contribution is 5.92. The van der Waals surface area contributed by atoms with Crippen molar-refractivity contribution < 1.29 is 19.1 Å². The average molecular weight is 438 g/mol. The largest absolute Gasteiger partial charge is 0.466 e. The monoisotopic (exact) mass is 437 g/mol. The van der Waals surface area contributed by atoms with Gasteiger partial charge in [0.1, 0.15) is 0 Å². The summed E-state index contributed by atoms with van der Waals surface area (Å²) >= 11 is 0. The molecular formula is C25H31N3O4. The third-order valence-corrected chi connectivity index (χ3v) is 5.45. The Balaban J connectivity index is 1.45. The Hall–Kier alpha value is -3.35. The summed E-state index contributed by atoms with van der Waals surface area (Å²) in [5, 5.41) is 2.80. The predicted octanol–water partition coefficient (Wildman–Crippen LogP) is 3.17. The highest BCUT2D eigenvalue weighted by atomic mass is 16.5. The first kappa shape index (κ1) is 23.3. The van der Waals surface area contributed by atoms with E-state index < -0.39 is 0 Å². The molecule has 32 heavy (non-hydrogen) atoms. The Morgan fingerprint density at radius 3 is 2.34 bits per heavy atom. The van der Waals surface area contributed by atoms with Crippen molar-refractivity contribution in [3.63, 3.8) is 0 Å². The summed E-state index contributed by atoms with van der Waals surface area (Å²) in [6.45, 7) is 7.01. The van der Waals surface area contributed by atoms with Crippen molar-refractivity contribution in [3.05, 3.63) is 59.7 Å². The molecular weight excluding hydrogens is 406 g/mol. The van der Waals surface area contributed by atoms with Gasteiger partial charge in [0.25, 0.3) is 0 Å². The number of benzene rings is 2. The highest BCUT2D eigenvalue weighted by Crippen LogP contribution is 2.20. The highest BCUT2D eigenvalue weighted by Gasteiger charge is 2.21. The molecule has 2 amide bonds. The van der Waals surface area contributed by atoms with Gasteiger partial charge in [-0.05, 0) is 43.7 Å². The van der Waals surface area contributed by atoms with Crippen molar-refractivity contribution in [3.8, 4) is 0 Å². The van der Waals surface area contributed by atoms with Crippen LogP contribution in [0.2, 0.25) is 0 Å². The van der Waals surface area contributed by atoms with Crippen LogP contribution in [0.3, 0.4) is 0 Å². The first-order valence-corrected chi connectivity index (χ1v) is 11.1. The van der Waals surface area contributed by atoms with Gasteiger partial charge >= 0.3 is 5.97 Å². The zero-order chi connectivity index (χ0) is 22.9. The molecule has 1 aliphatic heterocycles. The van der Waals surface area contributed by atoms with Crippen LogP contribution in [0.25, 0.3) is 0 Å². The summed E-state index contributed by atoms with van der Waals surface area (Å²) in [5.74, 6) is -0.419. The van der Waals surface area contributed by atoms with Gasteiger partial charge in [-0.2, -0.15) is 0 Å². The van der Waals surface area contributed by atoms with Crippen LogP contribution >= 0.6 is 0 Å². The number of ether oxygens (including phenoxy) is 1. The molecule has 3 rings (SSSR count). The van der Waals surface area contributed by atoms with Crippen molar-refractivity contribution in [1.82, 2.24) is 4.90 Å². The first-order chi connectivity index (χ1) is 15.4. The van der Waals surface area contributed by atoms with Crippen LogP contribution in [0, 0.1) is 6.92 Å². The van der Waals surface area contributed by atoms with Gasteiger partial charge in [0, 0.05) is 44.0 Å². The number of esters is 1. The molecule has 1 N–H and O–H groups in total. The summed E-state index contributed by atoms with van der Waals surface area (Å²) in [4.78, 5) is 40.2. The Morgan fingerprint density at radius 2 is 1.69 bits per heavy atom. The van der Waals surface area contributed by atoms with Crippen molar-refractivity contribution >= 4 is 29.2 Å². The minimum Gasteiger partial charge on any atom is -0.466 e. The van der Waals surface area contributed by atoms with Crippen LogP contribution in [0.1, 0.15) is 30.9 Å². The first-order valence-electron chi connectivity index (χ1n) is 11.1. The Kier molecular flexibility index (Phi) is 8.25. The van der Waals surface area contributed by atoms with E-state index in [1.807, 2.05) is 54.3 Å². The number of anilines is 2. The van der Waals surface area contributed by atoms with Gasteiger partial charge in [-0.3, -0.25) is 14.4 Å². The minimum atomic E-state index is -0.366. The minimum absolute atomic E-state index is 0.0740. The zero-order valence-electron chi connectivity index (χ0n) is 18.8. The number of nitrogens with zero attached hydrogens (tertiary/aromatic N) is 2. The molecule has 0 aliphatic carbocycles. The molecule has 7 heteroatoms. The van der Waals surface area contributed by atoms with Crippen LogP contribution in [-0.2, 0) is 25.5 Å². The number of piperazine rings is 1. The molecule has 1 fully saturated rings. The van der Waals surface area contributed by atoms with Crippen LogP contribution < -0.4 is 10.2 Å². The third kappa shape index (κ3) is 6.83. The second-order valence-electron chi connectivity index (χ2n) is 7.93. The van der Waals surface area contributed by atoms with Gasteiger partial charge in [-0.25, -0.2) is 0 Å². The fourth-order valence-corrected chi connectivity index (χ4v) is 3.75. The van der Waals surface area contributed by atoms with Gasteiger partial charge < -0.3 is 19.9 Å². The summed E-state index contributed by atoms with van der Waals surface area (Å²) in [7, 11) is 0. The summed E-state index contributed by atoms with van der Waals surface area (Å²) in [5.41, 5.74) is 3.96. The normalized spacial score (nSPS) is 13.6. The van der Waals surface area contributed by atoms with Crippen LogP contribution in [-0.4, -0.2) is 55.5 Å². The summed E-state index contributed by atoms with van der Waals surface area (Å²) < 4.78 is 4.83. The lowest BCUT2D eigenvalue weighted by molar-refractivity contribution is -0.144. The molecule has 0 saturated carbocycles. The van der Waals surface area contributed by atoms with Gasteiger partial charge in [-0.1, -0.05) is 29.8 Å². The number of aryl methyl sites for hydroxylation is 1. The lowest BCUT2D eigenvalue weighted by Crippen LogP contribution is -2.49. The van der Waals surface area contributed by atoms with Crippen LogP contribution in [0.4, 0.5) is 11.4 Å². The quantitative estimate of drug-likeness (QED) is 0.642. The molecule has 170 valence electrons. The van der Waals surface area contributed by atoms with E-state index in [2.05, 4.69) is 16.3 Å². The molecule has 0 radical (unpaired) electrons. The standard InChI is InChI=1S/C25H31N3O4/c1-3-32-25(31)12-11-23(29)26-21-7-9-22(10-8-21)27-13-15-28(16-14-27)24(30)18-20-6-4-5-19(2)17-20/h4-10,17H,3,11-16,18H2,1-2H3,(H,26,29). The maximum atomic E-state index is 12.6. The molecule has 0 spiro atoms. The van der Waals surface area contributed by atoms with Crippen molar-refractivity contribution in [2.24, 2.45) is 0 Å². The number of nitrogens with one attached hydrogen (secondary N) is 1. The van der Waals surface area contributed by atoms with Crippen LogP contribution in [0.5, 0.6) is 0 Å². The molecule has 0 bridgehead atoms. The number of amides is 2. The van der Waals surface area contributed by atoms with Crippen LogP contribution in [0.15, 0.2) is 48.5 Å². The lowest BCUT2D eigenvalue weighted by Gasteiger charge is -2.36. The summed E-state index contributed by atoms with van der Waals surface area (Å²) in [6, 6.07) is 15.7. The molecule has 7 nitrogen and oxygen atoms in total. The fourth-order valence-electron chi connectivity index (χ4n) is 3.75. The number of rotatable bonds is 8. The molecule has 2 aromatic rings. The Labute approximate surface area is 189 Å². The SMILES string of the molecule is CCOC(=O)CCC(=O)Nc1ccc(N2CCN(C(=O)Cc3cccc(C)c3)CC2)cc1. The number of hydrogen-bond donors (Lipinski definition) is 1. The van der Waals surface area contributed by atoms with E-state index in [-0.39, 0.29) is 30.6 Å². The Morgan fingerprint density at radius 1 is 0.969 bits per heavy atom. The molecule has 1 heterocycles. The molecule has 0 aromatic heterocycles. The second kappa shape index (κ2) is 11.3. The smallest absolute Gasteiger partial charge is 0.306 e. The maximum absolute atomic E-state index is 12.6. The van der Waals surface area contributed by atoms with E-state index in [1.165, 1.54) is 5.56 Å². The van der Waals surface area contributed by atoms with Gasteiger partial charge in [0.2, 0.25) is 11.8 Å². The topological polar surface area (TPSA) is 79.0 Å². The predicted molar refractivity (Wildman–Crippen MR) is 125 cm³/mol. The molecule has 1 saturated heterocycles. The van der Waals surface area contributed by atoms with Crippen molar-refractivity contribution in [2.45, 2.75) is 33.1 Å². The van der Waals surface area contributed by atoms with Gasteiger partial charge in [0.15, 0.2) is 0 Å². The molecule has 0 atom stereocenters. The van der Waals surface area contributed by atoms with Crippen molar-refractivity contribution in [2.75, 3.05) is 43.0 Å². The third-order valence-electron chi connectivity index (χ3n) is 5.45. The van der Waals surface area contributed by atoms with Gasteiger partial charge in [-0.15, -0.1) is 0 Å². The van der Waals surface area contributed by atoms with Gasteiger partial charge in [0.05, 0.1) is 19.4 Å². The molecule has 0 unspecified atom stereocenters. The Bertz CT molecular complexity index is 934. The van der Waals surface area contributed by atoms with E-state index in [0.29, 0.717) is 31.8 Å². The van der Waals surface area contributed by atoms with E-state index in [9.17, 15) is 14.4 Å². The second-order valence-corrected chi connectivity index (χ2v) is 7.93. The van der Waals surface area contributed by atoms with E-state index >= 15 is 0 Å². The fraction of sp³-hybridized carbons (Fsp3) is 0.400. The van der Waals surface area contributed by atoms with E-state index in [1.54, 1.807) is 6.92 Å². The van der Waals surface area contributed by atoms with E-state index in [0.717, 1.165) is 24.3 Å². The van der Waals surface area contributed by atoms with E-state index in [4.69, 9.17) is 4.74 Å². The maximum Gasteiger partial charge on any atom is 0.306 e. The lowest BCUT2D eigenvalue weighted by atomic mass is 10.1. The summed E-state index contributed by atoms with van der Waals surface area (Å²) in [6.07, 6.45) is 0.607. The number of hydrogen-bond acceptors (Lipinski definition) is 5. The zero-order valence-corrected chi connectivity index (χ0v) is 18.8. The molecule has 2 aromatic carbocycles. The molecule has 1 aliphatic rings. The average Bonchev–Trinajstić information content (AvgIpc) is 2.78. The van der Waals surface area contributed by atoms with Crippen molar-refractivity contribution in [1.29, 1.82) is 0 Å².